The molecular weight excluding hydrogens is 314 g/mol. The number of sulfonamides is 1. The molecule has 0 aliphatic carbocycles. The van der Waals surface area contributed by atoms with Gasteiger partial charge in [0.15, 0.2) is 0 Å². The van der Waals surface area contributed by atoms with E-state index in [4.69, 9.17) is 0 Å². The summed E-state index contributed by atoms with van der Waals surface area (Å²) in [4.78, 5) is 11.2. The molecule has 0 aliphatic heterocycles. The van der Waals surface area contributed by atoms with Gasteiger partial charge in [0.1, 0.15) is 0 Å². The normalized spacial score (nSPS) is 10.7. The quantitative estimate of drug-likeness (QED) is 0.358. The van der Waals surface area contributed by atoms with Crippen LogP contribution in [0.2, 0.25) is 0 Å². The van der Waals surface area contributed by atoms with Crippen molar-refractivity contribution in [3.8, 4) is 11.8 Å². The summed E-state index contributed by atoms with van der Waals surface area (Å²) in [5, 5.41) is 0. The summed E-state index contributed by atoms with van der Waals surface area (Å²) in [5.41, 5.74) is 1.97. The van der Waals surface area contributed by atoms with Crippen molar-refractivity contribution in [1.29, 1.82) is 0 Å². The van der Waals surface area contributed by atoms with Crippen LogP contribution >= 0.6 is 0 Å². The van der Waals surface area contributed by atoms with Crippen LogP contribution in [0.3, 0.4) is 0 Å². The smallest absolute Gasteiger partial charge is 0.384 e. The second-order valence-electron chi connectivity index (χ2n) is 5.19. The molecule has 0 radical (unpaired) electrons. The fourth-order valence-corrected chi connectivity index (χ4v) is 2.93. The van der Waals surface area contributed by atoms with Gasteiger partial charge in [-0.3, -0.25) is 0 Å². The number of carbonyl (C=O) groups excluding carboxylic acids is 1. The molecule has 0 saturated heterocycles. The molecule has 0 amide bonds. The predicted molar refractivity (Wildman–Crippen MR) is 89.2 cm³/mol. The lowest BCUT2D eigenvalue weighted by atomic mass is 10.2. The van der Waals surface area contributed by atoms with Gasteiger partial charge >= 0.3 is 5.97 Å². The molecule has 0 aliphatic rings. The molecular formula is C17H21NO4S. The molecule has 0 aromatic heterocycles. The fourth-order valence-electron chi connectivity index (χ4n) is 1.64. The molecule has 1 rings (SSSR count). The van der Waals surface area contributed by atoms with E-state index in [1.165, 1.54) is 11.4 Å². The third kappa shape index (κ3) is 5.89. The molecule has 0 atom stereocenters. The number of esters is 1. The van der Waals surface area contributed by atoms with Crippen molar-refractivity contribution < 1.29 is 17.9 Å². The number of allylic oxidation sites excluding steroid dienone is 1. The van der Waals surface area contributed by atoms with Gasteiger partial charge in [-0.05, 0) is 32.9 Å². The van der Waals surface area contributed by atoms with Crippen molar-refractivity contribution in [2.75, 3.05) is 20.2 Å². The van der Waals surface area contributed by atoms with Crippen LogP contribution in [0.25, 0.3) is 0 Å². The first-order valence-electron chi connectivity index (χ1n) is 7.04. The zero-order valence-corrected chi connectivity index (χ0v) is 14.6. The van der Waals surface area contributed by atoms with E-state index in [1.807, 2.05) is 20.8 Å². The van der Waals surface area contributed by atoms with Crippen LogP contribution in [-0.4, -0.2) is 38.9 Å². The molecule has 6 heteroatoms. The monoisotopic (exact) mass is 335 g/mol. The van der Waals surface area contributed by atoms with Gasteiger partial charge in [-0.15, -0.1) is 0 Å². The Morgan fingerprint density at radius 3 is 2.39 bits per heavy atom. The molecule has 1 aromatic rings. The highest BCUT2D eigenvalue weighted by Gasteiger charge is 2.22. The molecule has 0 spiro atoms. The van der Waals surface area contributed by atoms with Gasteiger partial charge in [-0.1, -0.05) is 35.3 Å². The van der Waals surface area contributed by atoms with Crippen LogP contribution in [0.4, 0.5) is 0 Å². The van der Waals surface area contributed by atoms with Crippen molar-refractivity contribution >= 4 is 16.0 Å². The van der Waals surface area contributed by atoms with Gasteiger partial charge < -0.3 is 4.74 Å². The average molecular weight is 335 g/mol. The molecule has 124 valence electrons. The van der Waals surface area contributed by atoms with Crippen LogP contribution < -0.4 is 0 Å². The lowest BCUT2D eigenvalue weighted by Gasteiger charge is -2.18. The summed E-state index contributed by atoms with van der Waals surface area (Å²) in [6.07, 6.45) is 1.80. The molecule has 5 nitrogen and oxygen atoms in total. The lowest BCUT2D eigenvalue weighted by molar-refractivity contribution is -0.133. The third-order valence-electron chi connectivity index (χ3n) is 2.99. The Hall–Kier alpha value is -2.10. The van der Waals surface area contributed by atoms with E-state index in [-0.39, 0.29) is 18.0 Å². The molecule has 1 aromatic carbocycles. The van der Waals surface area contributed by atoms with Gasteiger partial charge in [0, 0.05) is 12.5 Å². The van der Waals surface area contributed by atoms with Crippen molar-refractivity contribution in [2.24, 2.45) is 0 Å². The Morgan fingerprint density at radius 2 is 1.87 bits per heavy atom. The minimum atomic E-state index is -3.68. The Kier molecular flexibility index (Phi) is 7.01. The molecule has 0 bridgehead atoms. The molecule has 0 saturated carbocycles. The van der Waals surface area contributed by atoms with Crippen LogP contribution in [0.5, 0.6) is 0 Å². The standard InChI is InChI=1S/C17H21NO4S/c1-14(2)11-13-18(12-5-6-17(19)22-4)23(20,21)16-9-7-15(3)8-10-16/h7-11H,12-13H2,1-4H3. The Morgan fingerprint density at radius 1 is 1.26 bits per heavy atom. The Bertz CT molecular complexity index is 733. The number of methoxy groups -OCH3 is 1. The highest BCUT2D eigenvalue weighted by Crippen LogP contribution is 2.16. The average Bonchev–Trinajstić information content (AvgIpc) is 2.50. The van der Waals surface area contributed by atoms with Gasteiger partial charge in [-0.2, -0.15) is 4.31 Å². The SMILES string of the molecule is COC(=O)C#CCN(CC=C(C)C)S(=O)(=O)c1ccc(C)cc1. The largest absolute Gasteiger partial charge is 0.459 e. The summed E-state index contributed by atoms with van der Waals surface area (Å²) in [6, 6.07) is 6.61. The fraction of sp³-hybridized carbons (Fsp3) is 0.353. The highest BCUT2D eigenvalue weighted by atomic mass is 32.2. The lowest BCUT2D eigenvalue weighted by Crippen LogP contribution is -2.32. The first-order chi connectivity index (χ1) is 10.8. The van der Waals surface area contributed by atoms with Crippen LogP contribution in [-0.2, 0) is 19.6 Å². The maximum atomic E-state index is 12.7. The maximum absolute atomic E-state index is 12.7. The summed E-state index contributed by atoms with van der Waals surface area (Å²) in [7, 11) is -2.46. The third-order valence-corrected chi connectivity index (χ3v) is 4.82. The van der Waals surface area contributed by atoms with Crippen molar-refractivity contribution in [3.63, 3.8) is 0 Å². The predicted octanol–water partition coefficient (Wildman–Crippen LogP) is 2.13. The van der Waals surface area contributed by atoms with Crippen molar-refractivity contribution in [2.45, 2.75) is 25.7 Å². The van der Waals surface area contributed by atoms with E-state index in [9.17, 15) is 13.2 Å². The number of nitrogens with zero attached hydrogens (tertiary/aromatic N) is 1. The van der Waals surface area contributed by atoms with Gasteiger partial charge in [0.05, 0.1) is 18.6 Å². The van der Waals surface area contributed by atoms with E-state index < -0.39 is 16.0 Å². The minimum Gasteiger partial charge on any atom is -0.459 e. The van der Waals surface area contributed by atoms with Crippen LogP contribution in [0, 0.1) is 18.8 Å². The summed E-state index contributed by atoms with van der Waals surface area (Å²) >= 11 is 0. The number of aryl methyl sites for hydroxylation is 1. The number of ether oxygens (including phenoxy) is 1. The maximum Gasteiger partial charge on any atom is 0.384 e. The number of benzene rings is 1. The molecule has 0 fully saturated rings. The summed E-state index contributed by atoms with van der Waals surface area (Å²) in [5.74, 6) is 4.09. The van der Waals surface area contributed by atoms with Gasteiger partial charge in [-0.25, -0.2) is 13.2 Å². The molecule has 23 heavy (non-hydrogen) atoms. The number of carbonyl (C=O) groups is 1. The number of rotatable bonds is 5. The Labute approximate surface area is 138 Å². The first-order valence-corrected chi connectivity index (χ1v) is 8.48. The number of hydrogen-bond acceptors (Lipinski definition) is 4. The Balaban J connectivity index is 3.10. The second-order valence-corrected chi connectivity index (χ2v) is 7.12. The summed E-state index contributed by atoms with van der Waals surface area (Å²) < 4.78 is 31.1. The topological polar surface area (TPSA) is 63.7 Å². The molecule has 0 heterocycles. The van der Waals surface area contributed by atoms with Crippen molar-refractivity contribution in [1.82, 2.24) is 4.31 Å². The van der Waals surface area contributed by atoms with Crippen molar-refractivity contribution in [3.05, 3.63) is 41.5 Å². The number of hydrogen-bond donors (Lipinski definition) is 0. The molecule has 0 unspecified atom stereocenters. The van der Waals surface area contributed by atoms with Gasteiger partial charge in [0.25, 0.3) is 0 Å². The zero-order chi connectivity index (χ0) is 17.5. The summed E-state index contributed by atoms with van der Waals surface area (Å²) in [6.45, 7) is 5.76. The highest BCUT2D eigenvalue weighted by molar-refractivity contribution is 7.89. The molecule has 0 N–H and O–H groups in total. The van der Waals surface area contributed by atoms with Crippen LogP contribution in [0.15, 0.2) is 40.8 Å². The van der Waals surface area contributed by atoms with E-state index >= 15 is 0 Å². The van der Waals surface area contributed by atoms with Gasteiger partial charge in [0.2, 0.25) is 10.0 Å². The van der Waals surface area contributed by atoms with Crippen LogP contribution in [0.1, 0.15) is 19.4 Å². The minimum absolute atomic E-state index is 0.0882. The van der Waals surface area contributed by atoms with E-state index in [2.05, 4.69) is 16.6 Å². The van der Waals surface area contributed by atoms with E-state index in [1.54, 1.807) is 30.3 Å². The van der Waals surface area contributed by atoms with E-state index in [0.29, 0.717) is 0 Å². The first kappa shape index (κ1) is 18.9. The zero-order valence-electron chi connectivity index (χ0n) is 13.8. The second kappa shape index (κ2) is 8.51. The van der Waals surface area contributed by atoms with E-state index in [0.717, 1.165) is 11.1 Å².